The van der Waals surface area contributed by atoms with E-state index in [-0.39, 0.29) is 19.1 Å². The first-order valence-corrected chi connectivity index (χ1v) is 10.1. The smallest absolute Gasteiger partial charge is 0.408 e. The van der Waals surface area contributed by atoms with Crippen LogP contribution in [-0.4, -0.2) is 35.8 Å². The van der Waals surface area contributed by atoms with Gasteiger partial charge in [0.05, 0.1) is 6.42 Å². The molecular weight excluding hydrogens is 374 g/mol. The van der Waals surface area contributed by atoms with E-state index in [9.17, 15) is 14.4 Å². The van der Waals surface area contributed by atoms with Crippen molar-refractivity contribution in [3.63, 3.8) is 0 Å². The molecule has 2 rings (SSSR count). The third-order valence-corrected chi connectivity index (χ3v) is 4.42. The van der Waals surface area contributed by atoms with E-state index in [2.05, 4.69) is 5.32 Å². The molecule has 7 heteroatoms. The zero-order valence-electron chi connectivity index (χ0n) is 17.4. The normalized spacial score (nSPS) is 15.8. The summed E-state index contributed by atoms with van der Waals surface area (Å²) in [5.74, 6) is -1.24. The Bertz CT molecular complexity index is 676. The molecule has 0 aliphatic heterocycles. The van der Waals surface area contributed by atoms with Crippen LogP contribution in [0.15, 0.2) is 30.3 Å². The van der Waals surface area contributed by atoms with Gasteiger partial charge in [0, 0.05) is 0 Å². The molecule has 1 aliphatic carbocycles. The minimum absolute atomic E-state index is 0.0938. The minimum atomic E-state index is -1.16. The molecule has 1 aromatic carbocycles. The average Bonchev–Trinajstić information content (AvgIpc) is 2.66. The Morgan fingerprint density at radius 3 is 2.34 bits per heavy atom. The number of hydrogen-bond donors (Lipinski definition) is 1. The lowest BCUT2D eigenvalue weighted by Crippen LogP contribution is -2.46. The fraction of sp³-hybridized carbons (Fsp3) is 0.591. The molecule has 1 amide bonds. The van der Waals surface area contributed by atoms with Crippen LogP contribution in [0.25, 0.3) is 0 Å². The molecule has 1 aliphatic rings. The molecule has 0 bridgehead atoms. The van der Waals surface area contributed by atoms with Gasteiger partial charge in [-0.1, -0.05) is 36.8 Å². The second-order valence-electron chi connectivity index (χ2n) is 8.25. The van der Waals surface area contributed by atoms with Crippen LogP contribution in [0.2, 0.25) is 0 Å². The van der Waals surface area contributed by atoms with Crippen molar-refractivity contribution in [2.24, 2.45) is 0 Å². The summed E-state index contributed by atoms with van der Waals surface area (Å²) < 4.78 is 16.0. The molecule has 0 unspecified atom stereocenters. The molecule has 29 heavy (non-hydrogen) atoms. The standard InChI is InChI=1S/C22H31NO6/c1-22(2,3)29-21(26)23-18(20(25)28-17-12-8-5-9-13-17)14-19(24)27-15-16-10-6-4-7-11-16/h4,6-7,10-11,17-18H,5,8-9,12-15H2,1-3H3,(H,23,26)/t18-/m0/s1. The number of carbonyl (C=O) groups excluding carboxylic acids is 3. The van der Waals surface area contributed by atoms with Crippen molar-refractivity contribution in [2.75, 3.05) is 0 Å². The molecule has 160 valence electrons. The molecule has 1 fully saturated rings. The van der Waals surface area contributed by atoms with Gasteiger partial charge in [-0.3, -0.25) is 4.79 Å². The van der Waals surface area contributed by atoms with Crippen molar-refractivity contribution in [3.8, 4) is 0 Å². The number of esters is 2. The molecule has 0 aromatic heterocycles. The van der Waals surface area contributed by atoms with Gasteiger partial charge in [0.2, 0.25) is 0 Å². The van der Waals surface area contributed by atoms with E-state index >= 15 is 0 Å². The summed E-state index contributed by atoms with van der Waals surface area (Å²) in [6, 6.07) is 8.07. The van der Waals surface area contributed by atoms with E-state index in [0.29, 0.717) is 0 Å². The number of rotatable bonds is 7. The molecule has 0 heterocycles. The Balaban J connectivity index is 1.95. The predicted molar refractivity (Wildman–Crippen MR) is 107 cm³/mol. The lowest BCUT2D eigenvalue weighted by atomic mass is 9.98. The first kappa shape index (κ1) is 22.7. The first-order chi connectivity index (χ1) is 13.7. The highest BCUT2D eigenvalue weighted by molar-refractivity contribution is 5.86. The van der Waals surface area contributed by atoms with Gasteiger partial charge in [0.15, 0.2) is 0 Å². The van der Waals surface area contributed by atoms with Crippen molar-refractivity contribution < 1.29 is 28.6 Å². The van der Waals surface area contributed by atoms with Crippen molar-refractivity contribution >= 4 is 18.0 Å². The molecule has 1 aromatic rings. The van der Waals surface area contributed by atoms with Gasteiger partial charge >= 0.3 is 18.0 Å². The summed E-state index contributed by atoms with van der Waals surface area (Å²) >= 11 is 0. The second-order valence-corrected chi connectivity index (χ2v) is 8.25. The quantitative estimate of drug-likeness (QED) is 0.547. The monoisotopic (exact) mass is 405 g/mol. The van der Waals surface area contributed by atoms with Gasteiger partial charge in [0.25, 0.3) is 0 Å². The van der Waals surface area contributed by atoms with Crippen LogP contribution in [0, 0.1) is 0 Å². The molecule has 1 atom stereocenters. The molecule has 0 saturated heterocycles. The van der Waals surface area contributed by atoms with Crippen LogP contribution < -0.4 is 5.32 Å². The Labute approximate surface area is 172 Å². The number of amides is 1. The van der Waals surface area contributed by atoms with E-state index in [1.807, 2.05) is 30.3 Å². The SMILES string of the molecule is CC(C)(C)OC(=O)N[C@@H](CC(=O)OCc1ccccc1)C(=O)OC1CCCCC1. The van der Waals surface area contributed by atoms with Crippen LogP contribution in [-0.2, 0) is 30.4 Å². The molecule has 0 radical (unpaired) electrons. The van der Waals surface area contributed by atoms with E-state index < -0.39 is 29.7 Å². The number of nitrogens with one attached hydrogen (secondary N) is 1. The lowest BCUT2D eigenvalue weighted by Gasteiger charge is -2.26. The van der Waals surface area contributed by atoms with Gasteiger partial charge in [0.1, 0.15) is 24.4 Å². The Kier molecular flexibility index (Phi) is 8.49. The Morgan fingerprint density at radius 2 is 1.72 bits per heavy atom. The third kappa shape index (κ3) is 8.98. The van der Waals surface area contributed by atoms with Crippen LogP contribution in [0.4, 0.5) is 4.79 Å². The van der Waals surface area contributed by atoms with Crippen LogP contribution in [0.3, 0.4) is 0 Å². The lowest BCUT2D eigenvalue weighted by molar-refractivity contribution is -0.157. The number of carbonyl (C=O) groups is 3. The highest BCUT2D eigenvalue weighted by Crippen LogP contribution is 2.21. The summed E-state index contributed by atoms with van der Waals surface area (Å²) in [6.45, 7) is 5.25. The van der Waals surface area contributed by atoms with Gasteiger partial charge < -0.3 is 19.5 Å². The number of alkyl carbamates (subject to hydrolysis) is 1. The average molecular weight is 405 g/mol. The first-order valence-electron chi connectivity index (χ1n) is 10.1. The molecule has 1 saturated carbocycles. The summed E-state index contributed by atoms with van der Waals surface area (Å²) in [7, 11) is 0. The largest absolute Gasteiger partial charge is 0.461 e. The maximum Gasteiger partial charge on any atom is 0.408 e. The predicted octanol–water partition coefficient (Wildman–Crippen LogP) is 3.89. The zero-order valence-corrected chi connectivity index (χ0v) is 17.4. The third-order valence-electron chi connectivity index (χ3n) is 4.42. The molecule has 0 spiro atoms. The Hall–Kier alpha value is -2.57. The van der Waals surface area contributed by atoms with Gasteiger partial charge in [-0.2, -0.15) is 0 Å². The van der Waals surface area contributed by atoms with Crippen molar-refractivity contribution in [1.29, 1.82) is 0 Å². The topological polar surface area (TPSA) is 90.9 Å². The van der Waals surface area contributed by atoms with Crippen molar-refractivity contribution in [2.45, 2.75) is 83.6 Å². The van der Waals surface area contributed by atoms with Crippen molar-refractivity contribution in [1.82, 2.24) is 5.32 Å². The van der Waals surface area contributed by atoms with Gasteiger partial charge in [-0.15, -0.1) is 0 Å². The zero-order chi connectivity index (χ0) is 21.3. The summed E-state index contributed by atoms with van der Waals surface area (Å²) in [4.78, 5) is 37.0. The molecule has 1 N–H and O–H groups in total. The number of hydrogen-bond acceptors (Lipinski definition) is 6. The Morgan fingerprint density at radius 1 is 1.07 bits per heavy atom. The van der Waals surface area contributed by atoms with Gasteiger partial charge in [-0.05, 0) is 52.0 Å². The van der Waals surface area contributed by atoms with E-state index in [4.69, 9.17) is 14.2 Å². The van der Waals surface area contributed by atoms with Crippen molar-refractivity contribution in [3.05, 3.63) is 35.9 Å². The maximum absolute atomic E-state index is 12.6. The fourth-order valence-corrected chi connectivity index (χ4v) is 3.04. The van der Waals surface area contributed by atoms with E-state index in [0.717, 1.165) is 37.7 Å². The van der Waals surface area contributed by atoms with Crippen LogP contribution in [0.5, 0.6) is 0 Å². The fourth-order valence-electron chi connectivity index (χ4n) is 3.04. The highest BCUT2D eigenvalue weighted by atomic mass is 16.6. The number of ether oxygens (including phenoxy) is 3. The number of benzene rings is 1. The van der Waals surface area contributed by atoms with Crippen LogP contribution in [0.1, 0.15) is 64.9 Å². The summed E-state index contributed by atoms with van der Waals surface area (Å²) in [5, 5.41) is 2.46. The second kappa shape index (κ2) is 10.8. The highest BCUT2D eigenvalue weighted by Gasteiger charge is 2.30. The maximum atomic E-state index is 12.6. The summed E-state index contributed by atoms with van der Waals surface area (Å²) in [5.41, 5.74) is 0.109. The van der Waals surface area contributed by atoms with E-state index in [1.54, 1.807) is 20.8 Å². The summed E-state index contributed by atoms with van der Waals surface area (Å²) in [6.07, 6.45) is 3.44. The van der Waals surface area contributed by atoms with E-state index in [1.165, 1.54) is 0 Å². The van der Waals surface area contributed by atoms with Gasteiger partial charge in [-0.25, -0.2) is 9.59 Å². The molecular formula is C22H31NO6. The molecule has 7 nitrogen and oxygen atoms in total. The van der Waals surface area contributed by atoms with Crippen LogP contribution >= 0.6 is 0 Å². The minimum Gasteiger partial charge on any atom is -0.461 e.